The van der Waals surface area contributed by atoms with E-state index in [1.165, 1.54) is 6.08 Å². The summed E-state index contributed by atoms with van der Waals surface area (Å²) in [5.74, 6) is -0.350. The fraction of sp³-hybridized carbons (Fsp3) is 0.190. The second-order valence-electron chi connectivity index (χ2n) is 7.12. The third-order valence-electron chi connectivity index (χ3n) is 3.61. The van der Waals surface area contributed by atoms with Gasteiger partial charge in [0.05, 0.1) is 0 Å². The summed E-state index contributed by atoms with van der Waals surface area (Å²) in [6.45, 7) is 5.52. The van der Waals surface area contributed by atoms with Crippen LogP contribution in [-0.4, -0.2) is 31.5 Å². The van der Waals surface area contributed by atoms with Crippen LogP contribution in [0.2, 0.25) is 0 Å². The molecule has 0 aliphatic heterocycles. The Bertz CT molecular complexity index is 1120. The van der Waals surface area contributed by atoms with E-state index in [9.17, 15) is 4.79 Å². The first-order valence-corrected chi connectivity index (χ1v) is 9.52. The van der Waals surface area contributed by atoms with E-state index in [1.807, 2.05) is 57.4 Å². The average Bonchev–Trinajstić information content (AvgIpc) is 3.27. The Hall–Kier alpha value is -2.93. The SMILES string of the molecule is Brc1cnc2[nH]ccc2c1.CC(C)(C)OC(=O)/C=C/c1cnc2[nH]ccc2c1. The molecule has 4 aromatic rings. The number of pyridine rings is 2. The second-order valence-corrected chi connectivity index (χ2v) is 8.04. The number of H-pyrrole nitrogens is 2. The quantitative estimate of drug-likeness (QED) is 0.329. The number of esters is 1. The molecular weight excluding hydrogens is 420 g/mol. The second kappa shape index (κ2) is 8.39. The summed E-state index contributed by atoms with van der Waals surface area (Å²) in [6, 6.07) is 7.92. The minimum atomic E-state index is -0.468. The molecular formula is C21H21BrN4O2. The van der Waals surface area contributed by atoms with Crippen LogP contribution < -0.4 is 0 Å². The van der Waals surface area contributed by atoms with Crippen LogP contribution in [0.25, 0.3) is 28.1 Å². The number of hydrogen-bond donors (Lipinski definition) is 2. The van der Waals surface area contributed by atoms with Crippen molar-refractivity contribution in [2.45, 2.75) is 26.4 Å². The van der Waals surface area contributed by atoms with E-state index < -0.39 is 5.60 Å². The van der Waals surface area contributed by atoms with Crippen molar-refractivity contribution < 1.29 is 9.53 Å². The molecule has 0 amide bonds. The number of aromatic nitrogens is 4. The van der Waals surface area contributed by atoms with Crippen LogP contribution in [0.1, 0.15) is 26.3 Å². The lowest BCUT2D eigenvalue weighted by molar-refractivity contribution is -0.148. The zero-order valence-corrected chi connectivity index (χ0v) is 17.4. The maximum atomic E-state index is 11.5. The van der Waals surface area contributed by atoms with Gasteiger partial charge in [0.2, 0.25) is 0 Å². The van der Waals surface area contributed by atoms with Crippen LogP contribution in [0.5, 0.6) is 0 Å². The Balaban J connectivity index is 0.000000188. The molecule has 0 spiro atoms. The molecule has 0 aliphatic rings. The molecule has 144 valence electrons. The van der Waals surface area contributed by atoms with Crippen LogP contribution in [0, 0.1) is 0 Å². The number of carbonyl (C=O) groups is 1. The van der Waals surface area contributed by atoms with Gasteiger partial charge >= 0.3 is 5.97 Å². The molecule has 4 rings (SSSR count). The molecule has 0 fully saturated rings. The number of nitrogens with zero attached hydrogens (tertiary/aromatic N) is 2. The Kier molecular flexibility index (Phi) is 5.94. The number of ether oxygens (including phenoxy) is 1. The van der Waals surface area contributed by atoms with Gasteiger partial charge < -0.3 is 14.7 Å². The Morgan fingerprint density at radius 3 is 2.29 bits per heavy atom. The van der Waals surface area contributed by atoms with Crippen molar-refractivity contribution in [3.63, 3.8) is 0 Å². The lowest BCUT2D eigenvalue weighted by atomic mass is 10.2. The Morgan fingerprint density at radius 1 is 1.04 bits per heavy atom. The summed E-state index contributed by atoms with van der Waals surface area (Å²) in [5.41, 5.74) is 2.17. The van der Waals surface area contributed by atoms with E-state index in [1.54, 1.807) is 18.5 Å². The first kappa shape index (κ1) is 19.8. The van der Waals surface area contributed by atoms with E-state index in [0.717, 1.165) is 32.1 Å². The number of hydrogen-bond acceptors (Lipinski definition) is 4. The van der Waals surface area contributed by atoms with Gasteiger partial charge in [0.1, 0.15) is 16.9 Å². The third-order valence-corrected chi connectivity index (χ3v) is 4.04. The van der Waals surface area contributed by atoms with E-state index in [-0.39, 0.29) is 5.97 Å². The molecule has 2 N–H and O–H groups in total. The molecule has 0 atom stereocenters. The predicted molar refractivity (Wildman–Crippen MR) is 115 cm³/mol. The van der Waals surface area contributed by atoms with Gasteiger partial charge in [-0.05, 0) is 72.6 Å². The van der Waals surface area contributed by atoms with Crippen molar-refractivity contribution in [3.8, 4) is 0 Å². The van der Waals surface area contributed by atoms with Crippen LogP contribution >= 0.6 is 15.9 Å². The zero-order chi connectivity index (χ0) is 20.1. The van der Waals surface area contributed by atoms with Gasteiger partial charge in [0.15, 0.2) is 0 Å². The van der Waals surface area contributed by atoms with Crippen molar-refractivity contribution in [1.29, 1.82) is 0 Å². The van der Waals surface area contributed by atoms with Crippen LogP contribution in [-0.2, 0) is 9.53 Å². The number of aromatic amines is 2. The van der Waals surface area contributed by atoms with Crippen LogP contribution in [0.15, 0.2) is 59.6 Å². The number of nitrogens with one attached hydrogen (secondary N) is 2. The van der Waals surface area contributed by atoms with Crippen molar-refractivity contribution in [2.75, 3.05) is 0 Å². The molecule has 0 saturated carbocycles. The van der Waals surface area contributed by atoms with Gasteiger partial charge in [-0.1, -0.05) is 0 Å². The molecule has 0 bridgehead atoms. The summed E-state index contributed by atoms with van der Waals surface area (Å²) >= 11 is 3.34. The zero-order valence-electron chi connectivity index (χ0n) is 15.9. The first-order chi connectivity index (χ1) is 13.3. The number of carbonyl (C=O) groups excluding carboxylic acids is 1. The molecule has 4 heterocycles. The molecule has 0 aliphatic carbocycles. The maximum Gasteiger partial charge on any atom is 0.331 e. The van der Waals surface area contributed by atoms with Crippen LogP contribution in [0.3, 0.4) is 0 Å². The third kappa shape index (κ3) is 5.53. The fourth-order valence-electron chi connectivity index (χ4n) is 2.46. The highest BCUT2D eigenvalue weighted by Crippen LogP contribution is 2.15. The largest absolute Gasteiger partial charge is 0.457 e. The predicted octanol–water partition coefficient (Wildman–Crippen LogP) is 5.24. The maximum absolute atomic E-state index is 11.5. The summed E-state index contributed by atoms with van der Waals surface area (Å²) in [4.78, 5) is 25.9. The van der Waals surface area contributed by atoms with Crippen molar-refractivity contribution in [3.05, 3.63) is 65.2 Å². The lowest BCUT2D eigenvalue weighted by Gasteiger charge is -2.17. The molecule has 4 aromatic heterocycles. The van der Waals surface area contributed by atoms with Crippen molar-refractivity contribution in [2.24, 2.45) is 0 Å². The monoisotopic (exact) mass is 440 g/mol. The average molecular weight is 441 g/mol. The van der Waals surface area contributed by atoms with Gasteiger partial charge in [-0.25, -0.2) is 14.8 Å². The molecule has 0 aromatic carbocycles. The van der Waals surface area contributed by atoms with Crippen molar-refractivity contribution in [1.82, 2.24) is 19.9 Å². The lowest BCUT2D eigenvalue weighted by Crippen LogP contribution is -2.22. The molecule has 7 heteroatoms. The van der Waals surface area contributed by atoms with E-state index in [4.69, 9.17) is 4.74 Å². The van der Waals surface area contributed by atoms with E-state index in [0.29, 0.717) is 0 Å². The molecule has 28 heavy (non-hydrogen) atoms. The topological polar surface area (TPSA) is 83.7 Å². The van der Waals surface area contributed by atoms with Gasteiger partial charge in [-0.2, -0.15) is 0 Å². The highest BCUT2D eigenvalue weighted by atomic mass is 79.9. The summed E-state index contributed by atoms with van der Waals surface area (Å²) < 4.78 is 6.19. The van der Waals surface area contributed by atoms with Gasteiger partial charge in [0.25, 0.3) is 0 Å². The Morgan fingerprint density at radius 2 is 1.64 bits per heavy atom. The fourth-order valence-corrected chi connectivity index (χ4v) is 2.81. The molecule has 0 saturated heterocycles. The first-order valence-electron chi connectivity index (χ1n) is 8.73. The Labute approximate surface area is 171 Å². The smallest absolute Gasteiger partial charge is 0.331 e. The minimum absolute atomic E-state index is 0.350. The summed E-state index contributed by atoms with van der Waals surface area (Å²) in [7, 11) is 0. The summed E-state index contributed by atoms with van der Waals surface area (Å²) in [6.07, 6.45) is 10.3. The van der Waals surface area contributed by atoms with Gasteiger partial charge in [-0.3, -0.25) is 0 Å². The molecule has 0 unspecified atom stereocenters. The van der Waals surface area contributed by atoms with E-state index >= 15 is 0 Å². The molecule has 0 radical (unpaired) electrons. The van der Waals surface area contributed by atoms with E-state index in [2.05, 4.69) is 35.9 Å². The standard InChI is InChI=1S/C14H16N2O2.C7H5BrN2/c1-14(2,3)18-12(17)5-4-10-8-11-6-7-15-13(11)16-9-10;8-6-3-5-1-2-9-7(5)10-4-6/h4-9H,1-3H3,(H,15,16);1-4H,(H,9,10)/b5-4+;. The summed E-state index contributed by atoms with van der Waals surface area (Å²) in [5, 5.41) is 2.15. The normalized spacial score (nSPS) is 11.6. The minimum Gasteiger partial charge on any atom is -0.457 e. The van der Waals surface area contributed by atoms with Gasteiger partial charge in [-0.15, -0.1) is 0 Å². The highest BCUT2D eigenvalue weighted by Gasteiger charge is 2.13. The van der Waals surface area contributed by atoms with Crippen LogP contribution in [0.4, 0.5) is 0 Å². The number of fused-ring (bicyclic) bond motifs is 2. The highest BCUT2D eigenvalue weighted by molar-refractivity contribution is 9.10. The van der Waals surface area contributed by atoms with Crippen molar-refractivity contribution >= 4 is 50.0 Å². The number of halogens is 1. The molecule has 6 nitrogen and oxygen atoms in total. The van der Waals surface area contributed by atoms with Gasteiger partial charge in [0, 0.05) is 46.1 Å². The number of rotatable bonds is 2.